The Labute approximate surface area is 144 Å². The molecule has 0 aliphatic carbocycles. The standard InChI is InChI=1S/C17H10BrN3OS/c18-15-11-6-2-4-8-13(11)23-14(15)9-19-21-16-10-5-1-3-7-12(10)20-17(16)22/h1-9H,(H,20,21,22)/b19-9+. The molecule has 1 amide bonds. The van der Waals surface area contributed by atoms with E-state index >= 15 is 0 Å². The van der Waals surface area contributed by atoms with Crippen LogP contribution in [0, 0.1) is 0 Å². The predicted molar refractivity (Wildman–Crippen MR) is 98.7 cm³/mol. The average molecular weight is 384 g/mol. The van der Waals surface area contributed by atoms with E-state index in [0.717, 1.165) is 26.0 Å². The molecule has 4 rings (SSSR count). The van der Waals surface area contributed by atoms with Crippen LogP contribution >= 0.6 is 27.3 Å². The number of nitrogens with one attached hydrogen (secondary N) is 1. The molecule has 2 heterocycles. The van der Waals surface area contributed by atoms with E-state index in [1.165, 1.54) is 4.70 Å². The summed E-state index contributed by atoms with van der Waals surface area (Å²) in [5.41, 5.74) is 1.90. The van der Waals surface area contributed by atoms with Crippen molar-refractivity contribution in [3.05, 3.63) is 63.4 Å². The van der Waals surface area contributed by atoms with Crippen molar-refractivity contribution in [2.45, 2.75) is 0 Å². The molecule has 0 fully saturated rings. The summed E-state index contributed by atoms with van der Waals surface area (Å²) in [7, 11) is 0. The fraction of sp³-hybridized carbons (Fsp3) is 0. The number of nitrogens with zero attached hydrogens (tertiary/aromatic N) is 2. The van der Waals surface area contributed by atoms with Gasteiger partial charge in [-0.05, 0) is 28.1 Å². The molecule has 2 aromatic carbocycles. The molecule has 0 saturated carbocycles. The number of anilines is 1. The monoisotopic (exact) mass is 383 g/mol. The van der Waals surface area contributed by atoms with Crippen LogP contribution in [0.4, 0.5) is 5.69 Å². The molecule has 6 heteroatoms. The van der Waals surface area contributed by atoms with Crippen molar-refractivity contribution in [1.82, 2.24) is 0 Å². The number of thiophene rings is 1. The maximum absolute atomic E-state index is 12.0. The van der Waals surface area contributed by atoms with Gasteiger partial charge in [0.25, 0.3) is 5.91 Å². The minimum absolute atomic E-state index is 0.223. The minimum atomic E-state index is -0.223. The van der Waals surface area contributed by atoms with Crippen LogP contribution in [0.1, 0.15) is 10.4 Å². The first-order chi connectivity index (χ1) is 11.2. The number of halogens is 1. The van der Waals surface area contributed by atoms with Gasteiger partial charge in [0.2, 0.25) is 0 Å². The van der Waals surface area contributed by atoms with E-state index < -0.39 is 0 Å². The molecule has 112 valence electrons. The largest absolute Gasteiger partial charge is 0.320 e. The lowest BCUT2D eigenvalue weighted by molar-refractivity contribution is -0.110. The second kappa shape index (κ2) is 5.72. The molecule has 0 spiro atoms. The molecule has 0 bridgehead atoms. The van der Waals surface area contributed by atoms with Crippen LogP contribution in [-0.2, 0) is 4.79 Å². The number of para-hydroxylation sites is 1. The summed E-state index contributed by atoms with van der Waals surface area (Å²) in [5.74, 6) is -0.223. The van der Waals surface area contributed by atoms with Gasteiger partial charge in [-0.2, -0.15) is 5.10 Å². The van der Waals surface area contributed by atoms with E-state index in [1.54, 1.807) is 17.6 Å². The highest BCUT2D eigenvalue weighted by atomic mass is 79.9. The lowest BCUT2D eigenvalue weighted by atomic mass is 10.1. The first kappa shape index (κ1) is 14.3. The third-order valence-electron chi connectivity index (χ3n) is 3.54. The van der Waals surface area contributed by atoms with Gasteiger partial charge < -0.3 is 5.32 Å². The molecule has 0 atom stereocenters. The van der Waals surface area contributed by atoms with Gasteiger partial charge in [0, 0.05) is 20.1 Å². The maximum atomic E-state index is 12.0. The predicted octanol–water partition coefficient (Wildman–Crippen LogP) is 4.44. The quantitative estimate of drug-likeness (QED) is 0.516. The van der Waals surface area contributed by atoms with Crippen molar-refractivity contribution in [2.75, 3.05) is 5.32 Å². The zero-order chi connectivity index (χ0) is 15.8. The summed E-state index contributed by atoms with van der Waals surface area (Å²) < 4.78 is 2.18. The number of fused-ring (bicyclic) bond motifs is 2. The van der Waals surface area contributed by atoms with Crippen molar-refractivity contribution in [1.29, 1.82) is 0 Å². The van der Waals surface area contributed by atoms with Crippen LogP contribution < -0.4 is 5.32 Å². The highest BCUT2D eigenvalue weighted by Gasteiger charge is 2.25. The van der Waals surface area contributed by atoms with Gasteiger partial charge in [0.15, 0.2) is 5.71 Å². The number of amides is 1. The van der Waals surface area contributed by atoms with Gasteiger partial charge in [-0.15, -0.1) is 16.4 Å². The Morgan fingerprint density at radius 2 is 1.87 bits per heavy atom. The summed E-state index contributed by atoms with van der Waals surface area (Å²) in [6, 6.07) is 15.6. The van der Waals surface area contributed by atoms with Gasteiger partial charge in [-0.3, -0.25) is 4.79 Å². The molecule has 1 N–H and O–H groups in total. The molecule has 1 aliphatic rings. The summed E-state index contributed by atoms with van der Waals surface area (Å²) in [6.45, 7) is 0. The van der Waals surface area contributed by atoms with Crippen molar-refractivity contribution in [3.8, 4) is 0 Å². The second-order valence-electron chi connectivity index (χ2n) is 4.97. The van der Waals surface area contributed by atoms with E-state index in [4.69, 9.17) is 0 Å². The van der Waals surface area contributed by atoms with Crippen LogP contribution in [0.5, 0.6) is 0 Å². The van der Waals surface area contributed by atoms with Crippen molar-refractivity contribution >= 4 is 60.9 Å². The van der Waals surface area contributed by atoms with Gasteiger partial charge in [0.1, 0.15) is 0 Å². The topological polar surface area (TPSA) is 53.8 Å². The molecular weight excluding hydrogens is 374 g/mol. The van der Waals surface area contributed by atoms with Crippen LogP contribution in [0.15, 0.2) is 63.2 Å². The Morgan fingerprint density at radius 3 is 2.74 bits per heavy atom. The fourth-order valence-corrected chi connectivity index (χ4v) is 4.24. The summed E-state index contributed by atoms with van der Waals surface area (Å²) in [6.07, 6.45) is 1.68. The summed E-state index contributed by atoms with van der Waals surface area (Å²) >= 11 is 5.22. The van der Waals surface area contributed by atoms with Gasteiger partial charge >= 0.3 is 0 Å². The lowest BCUT2D eigenvalue weighted by Crippen LogP contribution is -2.13. The van der Waals surface area contributed by atoms with E-state index in [1.807, 2.05) is 36.4 Å². The Hall–Kier alpha value is -2.31. The first-order valence-electron chi connectivity index (χ1n) is 6.93. The maximum Gasteiger partial charge on any atom is 0.276 e. The normalized spacial score (nSPS) is 15.5. The Balaban J connectivity index is 1.69. The van der Waals surface area contributed by atoms with Crippen molar-refractivity contribution in [2.24, 2.45) is 10.2 Å². The van der Waals surface area contributed by atoms with Crippen LogP contribution in [-0.4, -0.2) is 17.8 Å². The van der Waals surface area contributed by atoms with Crippen LogP contribution in [0.3, 0.4) is 0 Å². The van der Waals surface area contributed by atoms with Gasteiger partial charge in [0.05, 0.1) is 16.8 Å². The zero-order valence-corrected chi connectivity index (χ0v) is 14.2. The molecule has 1 aliphatic heterocycles. The number of rotatable bonds is 2. The number of hydrogen-bond donors (Lipinski definition) is 1. The Kier molecular flexibility index (Phi) is 3.55. The SMILES string of the molecule is O=C1Nc2ccccc2/C1=N/N=C/c1sc2ccccc2c1Br. The highest BCUT2D eigenvalue weighted by molar-refractivity contribution is 9.10. The van der Waals surface area contributed by atoms with Crippen molar-refractivity contribution < 1.29 is 4.79 Å². The van der Waals surface area contributed by atoms with E-state index in [0.29, 0.717) is 5.71 Å². The molecule has 0 radical (unpaired) electrons. The number of carbonyl (C=O) groups excluding carboxylic acids is 1. The number of benzene rings is 2. The lowest BCUT2D eigenvalue weighted by Gasteiger charge is -1.93. The fourth-order valence-electron chi connectivity index (χ4n) is 2.46. The average Bonchev–Trinajstić information content (AvgIpc) is 3.06. The molecule has 1 aromatic heterocycles. The third kappa shape index (κ3) is 2.50. The molecule has 0 unspecified atom stereocenters. The molecule has 0 saturated heterocycles. The molecular formula is C17H10BrN3OS. The van der Waals surface area contributed by atoms with Crippen molar-refractivity contribution in [3.63, 3.8) is 0 Å². The Bertz CT molecular complexity index is 990. The number of hydrogen-bond acceptors (Lipinski definition) is 4. The molecule has 23 heavy (non-hydrogen) atoms. The number of carbonyl (C=O) groups is 1. The highest BCUT2D eigenvalue weighted by Crippen LogP contribution is 2.34. The van der Waals surface area contributed by atoms with E-state index in [-0.39, 0.29) is 5.91 Å². The van der Waals surface area contributed by atoms with E-state index in [9.17, 15) is 4.79 Å². The smallest absolute Gasteiger partial charge is 0.276 e. The van der Waals surface area contributed by atoms with Gasteiger partial charge in [-0.25, -0.2) is 0 Å². The molecule has 4 nitrogen and oxygen atoms in total. The first-order valence-corrected chi connectivity index (χ1v) is 8.54. The summed E-state index contributed by atoms with van der Waals surface area (Å²) in [5, 5.41) is 12.2. The second-order valence-corrected chi connectivity index (χ2v) is 6.85. The van der Waals surface area contributed by atoms with Crippen LogP contribution in [0.25, 0.3) is 10.1 Å². The van der Waals surface area contributed by atoms with Crippen LogP contribution in [0.2, 0.25) is 0 Å². The van der Waals surface area contributed by atoms with E-state index in [2.05, 4.69) is 43.6 Å². The van der Waals surface area contributed by atoms with Gasteiger partial charge in [-0.1, -0.05) is 36.4 Å². The Morgan fingerprint density at radius 1 is 1.09 bits per heavy atom. The zero-order valence-electron chi connectivity index (χ0n) is 11.8. The minimum Gasteiger partial charge on any atom is -0.320 e. The summed E-state index contributed by atoms with van der Waals surface area (Å²) in [4.78, 5) is 12.9. The molecule has 3 aromatic rings. The third-order valence-corrected chi connectivity index (χ3v) is 5.76.